The van der Waals surface area contributed by atoms with Gasteiger partial charge in [0.05, 0.1) is 12.1 Å². The minimum Gasteiger partial charge on any atom is -0.493 e. The van der Waals surface area contributed by atoms with Gasteiger partial charge in [-0.25, -0.2) is 4.39 Å². The van der Waals surface area contributed by atoms with Crippen molar-refractivity contribution in [2.45, 2.75) is 13.2 Å². The third-order valence-corrected chi connectivity index (χ3v) is 5.04. The number of anilines is 1. The second kappa shape index (κ2) is 9.37. The average Bonchev–Trinajstić information content (AvgIpc) is 2.68. The molecule has 0 aliphatic carbocycles. The van der Waals surface area contributed by atoms with Crippen LogP contribution in [-0.4, -0.2) is 7.11 Å². The van der Waals surface area contributed by atoms with Crippen LogP contribution in [0.1, 0.15) is 11.1 Å². The minimum absolute atomic E-state index is 0.155. The molecule has 1 N–H and O–H groups in total. The predicted octanol–water partition coefficient (Wildman–Crippen LogP) is 6.99. The molecular formula is C21H17Cl3FNO2. The summed E-state index contributed by atoms with van der Waals surface area (Å²) in [5, 5.41) is 4.64. The maximum Gasteiger partial charge on any atom is 0.180 e. The molecule has 0 radical (unpaired) electrons. The highest BCUT2D eigenvalue weighted by Gasteiger charge is 2.14. The highest BCUT2D eigenvalue weighted by molar-refractivity contribution is 6.36. The zero-order chi connectivity index (χ0) is 20.1. The Labute approximate surface area is 177 Å². The summed E-state index contributed by atoms with van der Waals surface area (Å²) < 4.78 is 24.3. The van der Waals surface area contributed by atoms with Gasteiger partial charge in [0, 0.05) is 27.8 Å². The first-order valence-electron chi connectivity index (χ1n) is 8.39. The van der Waals surface area contributed by atoms with Crippen molar-refractivity contribution in [1.29, 1.82) is 0 Å². The van der Waals surface area contributed by atoms with Gasteiger partial charge in [0.25, 0.3) is 0 Å². The van der Waals surface area contributed by atoms with Crippen molar-refractivity contribution in [2.75, 3.05) is 12.4 Å². The lowest BCUT2D eigenvalue weighted by Crippen LogP contribution is -2.03. The lowest BCUT2D eigenvalue weighted by Gasteiger charge is -2.16. The molecule has 0 bridgehead atoms. The smallest absolute Gasteiger partial charge is 0.180 e. The molecule has 0 unspecified atom stereocenters. The van der Waals surface area contributed by atoms with Crippen LogP contribution in [0.15, 0.2) is 54.6 Å². The average molecular weight is 441 g/mol. The van der Waals surface area contributed by atoms with E-state index in [4.69, 9.17) is 44.3 Å². The summed E-state index contributed by atoms with van der Waals surface area (Å²) in [5.41, 5.74) is 2.35. The van der Waals surface area contributed by atoms with Crippen molar-refractivity contribution >= 4 is 40.5 Å². The molecule has 3 nitrogen and oxygen atoms in total. The Hall–Kier alpha value is -2.14. The molecule has 0 aliphatic heterocycles. The summed E-state index contributed by atoms with van der Waals surface area (Å²) in [6.45, 7) is 0.639. The van der Waals surface area contributed by atoms with Crippen LogP contribution in [0.4, 0.5) is 10.1 Å². The number of ether oxygens (including phenoxy) is 2. The zero-order valence-electron chi connectivity index (χ0n) is 14.9. The monoisotopic (exact) mass is 439 g/mol. The van der Waals surface area contributed by atoms with E-state index in [9.17, 15) is 4.39 Å². The molecule has 3 aromatic carbocycles. The highest BCUT2D eigenvalue weighted by atomic mass is 35.5. The van der Waals surface area contributed by atoms with Crippen LogP contribution in [0.5, 0.6) is 11.5 Å². The SMILES string of the molecule is COc1cc(CNc2ccc(F)cc2)cc(Cl)c1OCc1c(Cl)cccc1Cl. The number of benzene rings is 3. The van der Waals surface area contributed by atoms with Gasteiger partial charge in [0.2, 0.25) is 0 Å². The molecular weight excluding hydrogens is 424 g/mol. The summed E-state index contributed by atoms with van der Waals surface area (Å²) >= 11 is 18.8. The van der Waals surface area contributed by atoms with Crippen molar-refractivity contribution in [3.05, 3.63) is 86.6 Å². The Balaban J connectivity index is 1.74. The first kappa shape index (κ1) is 20.6. The van der Waals surface area contributed by atoms with Crippen molar-refractivity contribution in [3.8, 4) is 11.5 Å². The lowest BCUT2D eigenvalue weighted by atomic mass is 10.2. The van der Waals surface area contributed by atoms with Gasteiger partial charge in [-0.1, -0.05) is 40.9 Å². The minimum atomic E-state index is -0.282. The van der Waals surface area contributed by atoms with Crippen molar-refractivity contribution in [1.82, 2.24) is 0 Å². The molecule has 0 atom stereocenters. The third-order valence-electron chi connectivity index (χ3n) is 4.05. The van der Waals surface area contributed by atoms with Crippen LogP contribution >= 0.6 is 34.8 Å². The first-order chi connectivity index (χ1) is 13.5. The number of nitrogens with one attached hydrogen (secondary N) is 1. The van der Waals surface area contributed by atoms with E-state index >= 15 is 0 Å². The van der Waals surface area contributed by atoms with Crippen LogP contribution in [-0.2, 0) is 13.2 Å². The van der Waals surface area contributed by atoms with E-state index in [1.807, 2.05) is 6.07 Å². The molecule has 0 saturated heterocycles. The normalized spacial score (nSPS) is 10.6. The van der Waals surface area contributed by atoms with Crippen molar-refractivity contribution in [3.63, 3.8) is 0 Å². The van der Waals surface area contributed by atoms with Crippen LogP contribution in [0.2, 0.25) is 15.1 Å². The van der Waals surface area contributed by atoms with E-state index in [2.05, 4.69) is 5.32 Å². The van der Waals surface area contributed by atoms with Gasteiger partial charge in [-0.3, -0.25) is 0 Å². The predicted molar refractivity (Wildman–Crippen MR) is 113 cm³/mol. The molecule has 0 aliphatic rings. The Morgan fingerprint density at radius 1 is 0.929 bits per heavy atom. The van der Waals surface area contributed by atoms with Gasteiger partial charge < -0.3 is 14.8 Å². The number of rotatable bonds is 7. The third kappa shape index (κ3) is 5.02. The van der Waals surface area contributed by atoms with E-state index in [0.717, 1.165) is 11.3 Å². The van der Waals surface area contributed by atoms with Gasteiger partial charge in [0.15, 0.2) is 11.5 Å². The molecule has 3 aromatic rings. The fourth-order valence-corrected chi connectivity index (χ4v) is 3.40. The molecule has 0 fully saturated rings. The number of hydrogen-bond acceptors (Lipinski definition) is 3. The Bertz CT molecular complexity index is 944. The van der Waals surface area contributed by atoms with Gasteiger partial charge in [-0.15, -0.1) is 0 Å². The van der Waals surface area contributed by atoms with Crippen LogP contribution in [0.25, 0.3) is 0 Å². The van der Waals surface area contributed by atoms with Crippen LogP contribution in [0.3, 0.4) is 0 Å². The van der Waals surface area contributed by atoms with E-state index in [1.165, 1.54) is 19.2 Å². The number of halogens is 4. The maximum absolute atomic E-state index is 13.0. The van der Waals surface area contributed by atoms with Gasteiger partial charge >= 0.3 is 0 Å². The van der Waals surface area contributed by atoms with E-state index < -0.39 is 0 Å². The summed E-state index contributed by atoms with van der Waals surface area (Å²) in [4.78, 5) is 0. The van der Waals surface area contributed by atoms with E-state index in [0.29, 0.717) is 38.7 Å². The molecule has 0 saturated carbocycles. The Morgan fingerprint density at radius 3 is 2.25 bits per heavy atom. The Kier molecular flexibility index (Phi) is 6.89. The molecule has 7 heteroatoms. The summed E-state index contributed by atoms with van der Waals surface area (Å²) in [6, 6.07) is 15.0. The van der Waals surface area contributed by atoms with E-state index in [1.54, 1.807) is 36.4 Å². The topological polar surface area (TPSA) is 30.5 Å². The largest absolute Gasteiger partial charge is 0.493 e. The van der Waals surface area contributed by atoms with Gasteiger partial charge in [-0.2, -0.15) is 0 Å². The molecule has 3 rings (SSSR count). The lowest BCUT2D eigenvalue weighted by molar-refractivity contribution is 0.284. The van der Waals surface area contributed by atoms with Crippen molar-refractivity contribution in [2.24, 2.45) is 0 Å². The number of methoxy groups -OCH3 is 1. The number of hydrogen-bond donors (Lipinski definition) is 1. The van der Waals surface area contributed by atoms with E-state index in [-0.39, 0.29) is 12.4 Å². The van der Waals surface area contributed by atoms with Gasteiger partial charge in [0.1, 0.15) is 12.4 Å². The summed E-state index contributed by atoms with van der Waals surface area (Å²) in [5.74, 6) is 0.618. The second-order valence-corrected chi connectivity index (χ2v) is 7.18. The van der Waals surface area contributed by atoms with Crippen LogP contribution < -0.4 is 14.8 Å². The molecule has 0 amide bonds. The fourth-order valence-electron chi connectivity index (χ4n) is 2.60. The molecule has 0 heterocycles. The summed E-state index contributed by atoms with van der Waals surface area (Å²) in [7, 11) is 1.54. The first-order valence-corrected chi connectivity index (χ1v) is 9.53. The maximum atomic E-state index is 13.0. The Morgan fingerprint density at radius 2 is 1.61 bits per heavy atom. The molecule has 0 aromatic heterocycles. The molecule has 28 heavy (non-hydrogen) atoms. The highest BCUT2D eigenvalue weighted by Crippen LogP contribution is 2.38. The fraction of sp³-hybridized carbons (Fsp3) is 0.143. The standard InChI is InChI=1S/C21H17Cl3FNO2/c1-27-20-10-13(11-26-15-7-5-14(25)6-8-15)9-19(24)21(20)28-12-16-17(22)3-2-4-18(16)23/h2-10,26H,11-12H2,1H3. The quantitative estimate of drug-likeness (QED) is 0.429. The second-order valence-electron chi connectivity index (χ2n) is 5.96. The zero-order valence-corrected chi connectivity index (χ0v) is 17.2. The molecule has 146 valence electrons. The van der Waals surface area contributed by atoms with Crippen LogP contribution in [0, 0.1) is 5.82 Å². The summed E-state index contributed by atoms with van der Waals surface area (Å²) in [6.07, 6.45) is 0. The van der Waals surface area contributed by atoms with Crippen molar-refractivity contribution < 1.29 is 13.9 Å². The molecule has 0 spiro atoms. The van der Waals surface area contributed by atoms with Gasteiger partial charge in [-0.05, 0) is 54.1 Å².